The topological polar surface area (TPSA) is 102 Å². The van der Waals surface area contributed by atoms with Gasteiger partial charge in [-0.25, -0.2) is 0 Å². The molecule has 0 aliphatic rings. The summed E-state index contributed by atoms with van der Waals surface area (Å²) in [5.41, 5.74) is 0. The van der Waals surface area contributed by atoms with Crippen molar-refractivity contribution in [3.05, 3.63) is 36.5 Å². The molecule has 0 saturated carbocycles. The van der Waals surface area contributed by atoms with Gasteiger partial charge >= 0.3 is 11.9 Å². The predicted molar refractivity (Wildman–Crippen MR) is 203 cm³/mol. The number of likely N-dealkylation sites (N-methyl/N-ethyl adjacent to an activating group) is 1. The van der Waals surface area contributed by atoms with Gasteiger partial charge in [0, 0.05) is 19.3 Å². The van der Waals surface area contributed by atoms with Crippen molar-refractivity contribution >= 4 is 17.9 Å². The third kappa shape index (κ3) is 31.5. The summed E-state index contributed by atoms with van der Waals surface area (Å²) in [6.07, 6.45) is 36.2. The van der Waals surface area contributed by atoms with E-state index in [0.717, 1.165) is 51.4 Å². The molecule has 0 amide bonds. The summed E-state index contributed by atoms with van der Waals surface area (Å²) in [5, 5.41) is 11.6. The lowest BCUT2D eigenvalue weighted by atomic mass is 10.1. The largest absolute Gasteiger partial charge is 0.544 e. The van der Waals surface area contributed by atoms with E-state index in [1.807, 2.05) is 6.08 Å². The van der Waals surface area contributed by atoms with Gasteiger partial charge in [-0.3, -0.25) is 9.59 Å². The molecule has 0 spiro atoms. The second-order valence-corrected chi connectivity index (χ2v) is 14.5. The van der Waals surface area contributed by atoms with Gasteiger partial charge in [0.1, 0.15) is 12.6 Å². The summed E-state index contributed by atoms with van der Waals surface area (Å²) in [7, 11) is 5.38. The van der Waals surface area contributed by atoms with Crippen molar-refractivity contribution in [3.63, 3.8) is 0 Å². The van der Waals surface area contributed by atoms with E-state index in [1.54, 1.807) is 21.1 Å². The second kappa shape index (κ2) is 33.7. The van der Waals surface area contributed by atoms with Crippen LogP contribution in [0.25, 0.3) is 0 Å². The number of carbonyl (C=O) groups excluding carboxylic acids is 3. The Balaban J connectivity index is 4.39. The zero-order valence-electron chi connectivity index (χ0n) is 32.8. The Bertz CT molecular complexity index is 922. The first-order valence-electron chi connectivity index (χ1n) is 20.0. The van der Waals surface area contributed by atoms with Crippen molar-refractivity contribution in [1.82, 2.24) is 0 Å². The van der Waals surface area contributed by atoms with Crippen LogP contribution in [-0.4, -0.2) is 75.5 Å². The number of carbonyl (C=O) groups is 3. The van der Waals surface area contributed by atoms with Crippen LogP contribution in [0.1, 0.15) is 162 Å². The van der Waals surface area contributed by atoms with Crippen molar-refractivity contribution in [2.45, 2.75) is 174 Å². The number of carboxylic acids is 1. The SMILES string of the molecule is CCCCCC/C=C/CCC(=O)OCC(COCCC(C(=O)[O-])[N+](C)(C)C)OC(=O)CCCCCCC/C=C/C=C/CCCCCCCCC. The molecule has 8 heteroatoms. The molecule has 0 rings (SSSR count). The number of ether oxygens (including phenoxy) is 3. The highest BCUT2D eigenvalue weighted by molar-refractivity contribution is 5.70. The fourth-order valence-corrected chi connectivity index (χ4v) is 5.61. The van der Waals surface area contributed by atoms with E-state index in [2.05, 4.69) is 44.2 Å². The highest BCUT2D eigenvalue weighted by Crippen LogP contribution is 2.12. The number of hydrogen-bond donors (Lipinski definition) is 0. The molecule has 0 aromatic rings. The molecule has 0 N–H and O–H groups in total. The van der Waals surface area contributed by atoms with Gasteiger partial charge in [0.25, 0.3) is 0 Å². The first-order valence-corrected chi connectivity index (χ1v) is 20.0. The number of rotatable bonds is 35. The van der Waals surface area contributed by atoms with Crippen LogP contribution in [-0.2, 0) is 28.6 Å². The fourth-order valence-electron chi connectivity index (χ4n) is 5.61. The van der Waals surface area contributed by atoms with Crippen LogP contribution in [0.3, 0.4) is 0 Å². The maximum Gasteiger partial charge on any atom is 0.306 e. The van der Waals surface area contributed by atoms with Gasteiger partial charge in [0.05, 0.1) is 40.3 Å². The summed E-state index contributed by atoms with van der Waals surface area (Å²) in [6.45, 7) is 4.54. The van der Waals surface area contributed by atoms with Gasteiger partial charge in [-0.15, -0.1) is 0 Å². The van der Waals surface area contributed by atoms with Gasteiger partial charge in [0.15, 0.2) is 6.10 Å². The van der Waals surface area contributed by atoms with Gasteiger partial charge < -0.3 is 28.6 Å². The Morgan fingerprint density at radius 2 is 1.10 bits per heavy atom. The van der Waals surface area contributed by atoms with Crippen LogP contribution in [0.2, 0.25) is 0 Å². The quantitative estimate of drug-likeness (QED) is 0.0213. The maximum absolute atomic E-state index is 12.6. The van der Waals surface area contributed by atoms with E-state index in [0.29, 0.717) is 12.8 Å². The number of unbranched alkanes of at least 4 members (excludes halogenated alkanes) is 16. The third-order valence-corrected chi connectivity index (χ3v) is 8.79. The fraction of sp³-hybridized carbons (Fsp3) is 0.786. The lowest BCUT2D eigenvalue weighted by Gasteiger charge is -2.34. The van der Waals surface area contributed by atoms with Crippen molar-refractivity contribution in [2.75, 3.05) is 41.0 Å². The highest BCUT2D eigenvalue weighted by Gasteiger charge is 2.25. The van der Waals surface area contributed by atoms with Crippen molar-refractivity contribution in [2.24, 2.45) is 0 Å². The average Bonchev–Trinajstić information content (AvgIpc) is 3.06. The Labute approximate surface area is 306 Å². The van der Waals surface area contributed by atoms with Crippen molar-refractivity contribution in [1.29, 1.82) is 0 Å². The standard InChI is InChI=1S/C42H75NO7/c1-6-8-10-12-14-16-17-18-19-20-21-22-23-24-25-27-29-31-33-41(45)50-38(36-48-35-34-39(42(46)47)43(3,4)5)37-49-40(44)32-30-28-26-15-13-11-9-7-2/h19-22,26,28,38-39H,6-18,23-25,27,29-37H2,1-5H3/b20-19+,22-21+,28-26+. The van der Waals surface area contributed by atoms with E-state index >= 15 is 0 Å². The first-order chi connectivity index (χ1) is 24.1. The molecule has 0 bridgehead atoms. The number of hydrogen-bond acceptors (Lipinski definition) is 7. The average molecular weight is 706 g/mol. The molecule has 2 atom stereocenters. The maximum atomic E-state index is 12.6. The van der Waals surface area contributed by atoms with E-state index in [1.165, 1.54) is 70.6 Å². The molecule has 8 nitrogen and oxygen atoms in total. The van der Waals surface area contributed by atoms with Crippen molar-refractivity contribution < 1.29 is 38.2 Å². The van der Waals surface area contributed by atoms with Gasteiger partial charge in [-0.05, 0) is 51.4 Å². The third-order valence-electron chi connectivity index (χ3n) is 8.79. The lowest BCUT2D eigenvalue weighted by molar-refractivity contribution is -0.889. The molecule has 0 aromatic heterocycles. The molecule has 0 heterocycles. The van der Waals surface area contributed by atoms with Crippen LogP contribution < -0.4 is 5.11 Å². The number of nitrogens with zero attached hydrogens (tertiary/aromatic N) is 1. The van der Waals surface area contributed by atoms with Gasteiger partial charge in [-0.1, -0.05) is 127 Å². The molecule has 0 aliphatic carbocycles. The molecule has 0 radical (unpaired) electrons. The van der Waals surface area contributed by atoms with E-state index in [9.17, 15) is 19.5 Å². The summed E-state index contributed by atoms with van der Waals surface area (Å²) in [5.74, 6) is -1.82. The summed E-state index contributed by atoms with van der Waals surface area (Å²) in [6, 6.07) is -0.731. The zero-order chi connectivity index (χ0) is 37.1. The minimum absolute atomic E-state index is 0.0232. The molecule has 2 unspecified atom stereocenters. The number of carboxylic acid groups (broad SMARTS) is 1. The van der Waals surface area contributed by atoms with Gasteiger partial charge in [0.2, 0.25) is 0 Å². The molecule has 50 heavy (non-hydrogen) atoms. The molecule has 290 valence electrons. The zero-order valence-corrected chi connectivity index (χ0v) is 32.8. The summed E-state index contributed by atoms with van der Waals surface area (Å²) >= 11 is 0. The summed E-state index contributed by atoms with van der Waals surface area (Å²) in [4.78, 5) is 36.6. The van der Waals surface area contributed by atoms with Crippen LogP contribution >= 0.6 is 0 Å². The number of allylic oxidation sites excluding steroid dienone is 6. The molecule has 0 saturated heterocycles. The predicted octanol–water partition coefficient (Wildman–Crippen LogP) is 8.96. The molecule has 0 aliphatic heterocycles. The lowest BCUT2D eigenvalue weighted by Crippen LogP contribution is -2.55. The number of aliphatic carboxylic acids is 1. The normalized spacial score (nSPS) is 13.4. The number of quaternary nitrogens is 1. The minimum Gasteiger partial charge on any atom is -0.544 e. The minimum atomic E-state index is -1.13. The second-order valence-electron chi connectivity index (χ2n) is 14.5. The molecule has 0 aromatic carbocycles. The van der Waals surface area contributed by atoms with Crippen molar-refractivity contribution in [3.8, 4) is 0 Å². The van der Waals surface area contributed by atoms with E-state index in [4.69, 9.17) is 14.2 Å². The monoisotopic (exact) mass is 706 g/mol. The number of esters is 2. The van der Waals surface area contributed by atoms with Gasteiger partial charge in [-0.2, -0.15) is 0 Å². The van der Waals surface area contributed by atoms with E-state index in [-0.39, 0.29) is 49.1 Å². The van der Waals surface area contributed by atoms with Crippen LogP contribution in [0.4, 0.5) is 0 Å². The van der Waals surface area contributed by atoms with Crippen LogP contribution in [0.15, 0.2) is 36.5 Å². The van der Waals surface area contributed by atoms with E-state index < -0.39 is 18.1 Å². The summed E-state index contributed by atoms with van der Waals surface area (Å²) < 4.78 is 17.0. The first kappa shape index (κ1) is 47.5. The molecular weight excluding hydrogens is 630 g/mol. The highest BCUT2D eigenvalue weighted by atomic mass is 16.6. The smallest absolute Gasteiger partial charge is 0.306 e. The Kier molecular flexibility index (Phi) is 32.0. The van der Waals surface area contributed by atoms with Crippen LogP contribution in [0, 0.1) is 0 Å². The molecule has 0 fully saturated rings. The Morgan fingerprint density at radius 3 is 1.66 bits per heavy atom. The van der Waals surface area contributed by atoms with Crippen LogP contribution in [0.5, 0.6) is 0 Å². The Morgan fingerprint density at radius 1 is 0.600 bits per heavy atom. The molecular formula is C42H75NO7. The Hall–Kier alpha value is -2.45.